The summed E-state index contributed by atoms with van der Waals surface area (Å²) >= 11 is 7.47. The van der Waals surface area contributed by atoms with Crippen LogP contribution in [0, 0.1) is 0 Å². The van der Waals surface area contributed by atoms with Crippen LogP contribution in [0.4, 0.5) is 5.13 Å². The Morgan fingerprint density at radius 2 is 1.87 bits per heavy atom. The van der Waals surface area contributed by atoms with Crippen molar-refractivity contribution in [3.63, 3.8) is 0 Å². The van der Waals surface area contributed by atoms with Crippen molar-refractivity contribution in [2.75, 3.05) is 5.43 Å². The van der Waals surface area contributed by atoms with Crippen molar-refractivity contribution in [1.29, 1.82) is 0 Å². The van der Waals surface area contributed by atoms with Gasteiger partial charge in [-0.25, -0.2) is 4.98 Å². The Hall–Kier alpha value is -2.17. The molecule has 0 aliphatic heterocycles. The zero-order valence-electron chi connectivity index (χ0n) is 12.3. The fourth-order valence-electron chi connectivity index (χ4n) is 2.72. The molecule has 3 aromatic rings. The lowest BCUT2D eigenvalue weighted by Crippen LogP contribution is -1.99. The number of nitrogens with one attached hydrogen (secondary N) is 1. The van der Waals surface area contributed by atoms with Gasteiger partial charge in [-0.05, 0) is 30.5 Å². The number of halogens is 1. The van der Waals surface area contributed by atoms with Crippen LogP contribution < -0.4 is 5.43 Å². The van der Waals surface area contributed by atoms with Gasteiger partial charge in [-0.3, -0.25) is 5.43 Å². The van der Waals surface area contributed by atoms with E-state index in [1.54, 1.807) is 11.3 Å². The van der Waals surface area contributed by atoms with Crippen molar-refractivity contribution in [3.05, 3.63) is 70.1 Å². The quantitative estimate of drug-likeness (QED) is 0.664. The minimum Gasteiger partial charge on any atom is -0.252 e. The maximum absolute atomic E-state index is 5.92. The van der Waals surface area contributed by atoms with Crippen LogP contribution >= 0.6 is 22.9 Å². The smallest absolute Gasteiger partial charge is 0.203 e. The molecule has 0 radical (unpaired) electrons. The molecule has 0 fully saturated rings. The van der Waals surface area contributed by atoms with E-state index < -0.39 is 0 Å². The third kappa shape index (κ3) is 3.00. The predicted octanol–water partition coefficient (Wildman–Crippen LogP) is 5.23. The van der Waals surface area contributed by atoms with Crippen molar-refractivity contribution in [2.24, 2.45) is 5.10 Å². The van der Waals surface area contributed by atoms with Gasteiger partial charge in [0, 0.05) is 21.5 Å². The van der Waals surface area contributed by atoms with E-state index in [0.29, 0.717) is 0 Å². The van der Waals surface area contributed by atoms with Crippen LogP contribution in [0.1, 0.15) is 17.5 Å². The molecule has 1 aliphatic rings. The molecule has 3 nitrogen and oxygen atoms in total. The average Bonchev–Trinajstić information content (AvgIpc) is 3.20. The lowest BCUT2D eigenvalue weighted by atomic mass is 10.1. The molecular formula is C18H14ClN3S. The topological polar surface area (TPSA) is 37.3 Å². The summed E-state index contributed by atoms with van der Waals surface area (Å²) in [6, 6.07) is 16.1. The number of nitrogens with zero attached hydrogens (tertiary/aromatic N) is 2. The Kier molecular flexibility index (Phi) is 3.85. The minimum atomic E-state index is 0.730. The van der Waals surface area contributed by atoms with Crippen molar-refractivity contribution in [2.45, 2.75) is 12.8 Å². The second-order valence-corrected chi connectivity index (χ2v) is 6.67. The fraction of sp³-hybridized carbons (Fsp3) is 0.111. The summed E-state index contributed by atoms with van der Waals surface area (Å²) in [4.78, 5) is 4.58. The zero-order chi connectivity index (χ0) is 15.6. The van der Waals surface area contributed by atoms with Crippen LogP contribution in [-0.2, 0) is 6.42 Å². The lowest BCUT2D eigenvalue weighted by Gasteiger charge is -2.00. The molecule has 0 saturated heterocycles. The van der Waals surface area contributed by atoms with Gasteiger partial charge in [0.2, 0.25) is 5.13 Å². The number of rotatable bonds is 3. The number of hydrogen-bond donors (Lipinski definition) is 1. The summed E-state index contributed by atoms with van der Waals surface area (Å²) in [5.74, 6) is 0. The molecule has 1 aliphatic carbocycles. The molecule has 114 valence electrons. The van der Waals surface area contributed by atoms with Crippen LogP contribution in [0.15, 0.2) is 59.0 Å². The molecule has 0 unspecified atom stereocenters. The van der Waals surface area contributed by atoms with E-state index in [4.69, 9.17) is 11.6 Å². The largest absolute Gasteiger partial charge is 0.252 e. The molecule has 0 atom stereocenters. The molecule has 1 heterocycles. The second-order valence-electron chi connectivity index (χ2n) is 5.37. The van der Waals surface area contributed by atoms with Gasteiger partial charge in [0.15, 0.2) is 0 Å². The minimum absolute atomic E-state index is 0.730. The molecule has 4 rings (SSSR count). The number of hydrogen-bond acceptors (Lipinski definition) is 4. The maximum atomic E-state index is 5.92. The standard InChI is InChI=1S/C18H14ClN3S/c19-14-8-5-13(6-9-14)17-11-23-18(20-17)22-21-16-10-7-12-3-1-2-4-15(12)16/h1-6,8-9,11H,7,10H2,(H,20,22)/b21-16+. The van der Waals surface area contributed by atoms with E-state index in [1.807, 2.05) is 29.6 Å². The predicted molar refractivity (Wildman–Crippen MR) is 97.5 cm³/mol. The molecule has 0 saturated carbocycles. The molecule has 5 heteroatoms. The Morgan fingerprint density at radius 1 is 1.04 bits per heavy atom. The fourth-order valence-corrected chi connectivity index (χ4v) is 3.50. The van der Waals surface area contributed by atoms with Crippen LogP contribution in [0.3, 0.4) is 0 Å². The molecule has 0 bridgehead atoms. The van der Waals surface area contributed by atoms with E-state index >= 15 is 0 Å². The molecule has 0 spiro atoms. The third-order valence-electron chi connectivity index (χ3n) is 3.89. The highest BCUT2D eigenvalue weighted by Crippen LogP contribution is 2.27. The summed E-state index contributed by atoms with van der Waals surface area (Å²) in [6.45, 7) is 0. The summed E-state index contributed by atoms with van der Waals surface area (Å²) < 4.78 is 0. The van der Waals surface area contributed by atoms with Crippen LogP contribution in [0.5, 0.6) is 0 Å². The van der Waals surface area contributed by atoms with Gasteiger partial charge < -0.3 is 0 Å². The second kappa shape index (κ2) is 6.14. The maximum Gasteiger partial charge on any atom is 0.203 e. The third-order valence-corrected chi connectivity index (χ3v) is 4.89. The first-order chi connectivity index (χ1) is 11.3. The summed E-state index contributed by atoms with van der Waals surface area (Å²) in [6.07, 6.45) is 2.03. The number of hydrazone groups is 1. The van der Waals surface area contributed by atoms with E-state index in [-0.39, 0.29) is 0 Å². The Labute approximate surface area is 143 Å². The number of aryl methyl sites for hydroxylation is 1. The van der Waals surface area contributed by atoms with E-state index in [9.17, 15) is 0 Å². The van der Waals surface area contributed by atoms with E-state index in [0.717, 1.165) is 40.0 Å². The summed E-state index contributed by atoms with van der Waals surface area (Å²) in [5, 5.41) is 8.10. The normalized spacial score (nSPS) is 14.9. The molecule has 1 N–H and O–H groups in total. The number of thiazole rings is 1. The van der Waals surface area contributed by atoms with Gasteiger partial charge in [-0.2, -0.15) is 5.10 Å². The van der Waals surface area contributed by atoms with Gasteiger partial charge in [-0.15, -0.1) is 11.3 Å². The summed E-state index contributed by atoms with van der Waals surface area (Å²) in [5.41, 5.74) is 8.80. The molecule has 2 aromatic carbocycles. The van der Waals surface area contributed by atoms with Crippen molar-refractivity contribution in [1.82, 2.24) is 4.98 Å². The first-order valence-electron chi connectivity index (χ1n) is 7.42. The molecule has 23 heavy (non-hydrogen) atoms. The molecule has 1 aromatic heterocycles. The van der Waals surface area contributed by atoms with E-state index in [2.05, 4.69) is 39.8 Å². The van der Waals surface area contributed by atoms with Crippen molar-refractivity contribution < 1.29 is 0 Å². The molecular weight excluding hydrogens is 326 g/mol. The van der Waals surface area contributed by atoms with Crippen LogP contribution in [-0.4, -0.2) is 10.7 Å². The summed E-state index contributed by atoms with van der Waals surface area (Å²) in [7, 11) is 0. The number of fused-ring (bicyclic) bond motifs is 1. The SMILES string of the molecule is Clc1ccc(-c2csc(N/N=C3\CCc4ccccc43)n2)cc1. The number of aromatic nitrogens is 1. The number of benzene rings is 2. The number of anilines is 1. The van der Waals surface area contributed by atoms with Gasteiger partial charge in [0.05, 0.1) is 11.4 Å². The van der Waals surface area contributed by atoms with Crippen LogP contribution in [0.25, 0.3) is 11.3 Å². The first-order valence-corrected chi connectivity index (χ1v) is 8.68. The van der Waals surface area contributed by atoms with Crippen molar-refractivity contribution in [3.8, 4) is 11.3 Å². The lowest BCUT2D eigenvalue weighted by molar-refractivity contribution is 1.09. The molecule has 0 amide bonds. The van der Waals surface area contributed by atoms with E-state index in [1.165, 1.54) is 11.1 Å². The monoisotopic (exact) mass is 339 g/mol. The van der Waals surface area contributed by atoms with Gasteiger partial charge >= 0.3 is 0 Å². The Bertz CT molecular complexity index is 868. The van der Waals surface area contributed by atoms with Crippen LogP contribution in [0.2, 0.25) is 5.02 Å². The zero-order valence-corrected chi connectivity index (χ0v) is 13.9. The highest BCUT2D eigenvalue weighted by molar-refractivity contribution is 7.14. The Balaban J connectivity index is 1.53. The first kappa shape index (κ1) is 14.4. The Morgan fingerprint density at radius 3 is 2.74 bits per heavy atom. The van der Waals surface area contributed by atoms with Gasteiger partial charge in [0.1, 0.15) is 0 Å². The average molecular weight is 340 g/mol. The highest BCUT2D eigenvalue weighted by atomic mass is 35.5. The van der Waals surface area contributed by atoms with Gasteiger partial charge in [-0.1, -0.05) is 48.0 Å². The van der Waals surface area contributed by atoms with Gasteiger partial charge in [0.25, 0.3) is 0 Å². The highest BCUT2D eigenvalue weighted by Gasteiger charge is 2.16. The van der Waals surface area contributed by atoms with Crippen molar-refractivity contribution >= 4 is 33.8 Å².